The molecule has 0 aliphatic carbocycles. The van der Waals surface area contributed by atoms with Gasteiger partial charge in [-0.25, -0.2) is 4.79 Å². The molecule has 0 aromatic heterocycles. The van der Waals surface area contributed by atoms with E-state index in [2.05, 4.69) is 27.2 Å². The van der Waals surface area contributed by atoms with Crippen molar-refractivity contribution >= 4 is 46.3 Å². The van der Waals surface area contributed by atoms with Crippen molar-refractivity contribution in [2.24, 2.45) is 16.4 Å². The van der Waals surface area contributed by atoms with Gasteiger partial charge in [-0.3, -0.25) is 28.9 Å². The minimum atomic E-state index is -1.38. The number of nitrogens with zero attached hydrogens (tertiary/aromatic N) is 5. The van der Waals surface area contributed by atoms with Gasteiger partial charge in [-0.15, -0.1) is 6.58 Å². The fraction of sp³-hybridized carbons (Fsp3) is 0.526. The largest absolute Gasteiger partial charge is 0.468 e. The normalized spacial score (nSPS) is 18.0. The summed E-state index contributed by atoms with van der Waals surface area (Å²) in [5, 5.41) is 11.2. The highest BCUT2D eigenvalue weighted by molar-refractivity contribution is 6.05. The zero-order chi connectivity index (χ0) is 39.8. The smallest absolute Gasteiger partial charge is 0.410 e. The maximum Gasteiger partial charge on any atom is 0.410 e. The molecule has 53 heavy (non-hydrogen) atoms. The van der Waals surface area contributed by atoms with Crippen LogP contribution in [0.3, 0.4) is 0 Å². The van der Waals surface area contributed by atoms with Gasteiger partial charge >= 0.3 is 12.1 Å². The van der Waals surface area contributed by atoms with E-state index < -0.39 is 82.7 Å². The average Bonchev–Trinajstić information content (AvgIpc) is 3.52. The number of rotatable bonds is 13. The van der Waals surface area contributed by atoms with Gasteiger partial charge in [-0.2, -0.15) is 0 Å². The zero-order valence-electron chi connectivity index (χ0n) is 31.9. The fourth-order valence-electron chi connectivity index (χ4n) is 5.97. The number of likely N-dealkylation sites (N-methyl/N-ethyl adjacent to an activating group) is 1. The van der Waals surface area contributed by atoms with Crippen LogP contribution >= 0.6 is 0 Å². The topological polar surface area (TPSA) is 200 Å². The van der Waals surface area contributed by atoms with Crippen LogP contribution in [0.25, 0.3) is 21.2 Å². The van der Waals surface area contributed by atoms with Crippen LogP contribution in [0.2, 0.25) is 0 Å². The highest BCUT2D eigenvalue weighted by Gasteiger charge is 2.46. The molecule has 4 amide bonds. The summed E-state index contributed by atoms with van der Waals surface area (Å²) in [5.74, 6) is -4.90. The van der Waals surface area contributed by atoms with Crippen molar-refractivity contribution in [3.63, 3.8) is 0 Å². The van der Waals surface area contributed by atoms with Crippen molar-refractivity contribution in [1.82, 2.24) is 20.4 Å². The molecule has 6 atom stereocenters. The van der Waals surface area contributed by atoms with Crippen molar-refractivity contribution in [2.75, 3.05) is 20.7 Å². The number of likely N-dealkylation sites (tertiary alicyclic amines) is 1. The fourth-order valence-corrected chi connectivity index (χ4v) is 5.97. The predicted molar refractivity (Wildman–Crippen MR) is 198 cm³/mol. The number of Topliss-reactive ketones (excluding diaryl/α,β-unsaturated/α-hetero) is 1. The third-order valence-electron chi connectivity index (χ3n) is 9.03. The first-order chi connectivity index (χ1) is 24.7. The SMILES string of the molecule is C=CC(C(=O)OC)C(=O)[C@H](Cc1ccc2ccccc2c1)NC(=O)[C@@H]1C[C@H](N=[N+]=[N-])CN1C(=O)[C@@H](NC(=O)[C@H](C)N(C)C(=O)OC(C)(C)C)C(C)(C)C. The van der Waals surface area contributed by atoms with Gasteiger partial charge in [0.2, 0.25) is 17.7 Å². The third-order valence-corrected chi connectivity index (χ3v) is 9.03. The Morgan fingerprint density at radius 3 is 2.26 bits per heavy atom. The Kier molecular flexibility index (Phi) is 13.8. The molecule has 1 saturated heterocycles. The lowest BCUT2D eigenvalue weighted by Crippen LogP contribution is -2.61. The van der Waals surface area contributed by atoms with E-state index in [0.717, 1.165) is 28.9 Å². The second-order valence-electron chi connectivity index (χ2n) is 15.3. The number of esters is 1. The van der Waals surface area contributed by atoms with Gasteiger partial charge in [0.1, 0.15) is 29.6 Å². The Bertz CT molecular complexity index is 1780. The van der Waals surface area contributed by atoms with Crippen LogP contribution in [0.4, 0.5) is 4.79 Å². The molecule has 0 radical (unpaired) electrons. The zero-order valence-corrected chi connectivity index (χ0v) is 31.9. The lowest BCUT2D eigenvalue weighted by molar-refractivity contribution is -0.148. The summed E-state index contributed by atoms with van der Waals surface area (Å²) in [6.45, 7) is 15.3. The summed E-state index contributed by atoms with van der Waals surface area (Å²) >= 11 is 0. The van der Waals surface area contributed by atoms with E-state index in [1.807, 2.05) is 42.5 Å². The Morgan fingerprint density at radius 2 is 1.70 bits per heavy atom. The van der Waals surface area contributed by atoms with E-state index in [1.54, 1.807) is 41.5 Å². The number of ketones is 1. The molecule has 2 aromatic rings. The molecule has 1 aliphatic heterocycles. The standard InChI is InChI=1S/C38H51N7O8/c1-11-27(35(50)52-10)30(46)28(19-23-16-17-24-14-12-13-15-25(24)18-23)40-33(48)29-20-26(42-43-39)21-45(29)34(49)31(37(3,4)5)41-32(47)22(2)44(9)36(51)53-38(6,7)8/h11-18,22,26-29,31H,1,19-21H2,2-10H3,(H,40,48)(H,41,47)/t22-,26-,27?,28-,29-,31+/m0/s1. The molecular formula is C38H51N7O8. The maximum atomic E-state index is 14.4. The highest BCUT2D eigenvalue weighted by Crippen LogP contribution is 2.28. The Morgan fingerprint density at radius 1 is 1.06 bits per heavy atom. The van der Waals surface area contributed by atoms with Crippen LogP contribution in [0.15, 0.2) is 60.2 Å². The molecule has 1 unspecified atom stereocenters. The molecule has 286 valence electrons. The molecule has 1 heterocycles. The van der Waals surface area contributed by atoms with Crippen molar-refractivity contribution in [3.05, 3.63) is 71.1 Å². The first-order valence-electron chi connectivity index (χ1n) is 17.3. The van der Waals surface area contributed by atoms with Crippen LogP contribution in [0.1, 0.15) is 60.5 Å². The number of hydrogen-bond donors (Lipinski definition) is 2. The van der Waals surface area contributed by atoms with Gasteiger partial charge in [-0.05, 0) is 67.8 Å². The Balaban J connectivity index is 1.95. The van der Waals surface area contributed by atoms with Crippen LogP contribution in [0.5, 0.6) is 0 Å². The molecule has 3 rings (SSSR count). The van der Waals surface area contributed by atoms with E-state index >= 15 is 0 Å². The number of amides is 4. The van der Waals surface area contributed by atoms with Crippen LogP contribution in [0, 0.1) is 11.3 Å². The van der Waals surface area contributed by atoms with Crippen LogP contribution < -0.4 is 10.6 Å². The van der Waals surface area contributed by atoms with Crippen molar-refractivity contribution in [3.8, 4) is 0 Å². The molecule has 15 heteroatoms. The molecule has 1 aliphatic rings. The number of ether oxygens (including phenoxy) is 2. The number of azide groups is 1. The summed E-state index contributed by atoms with van der Waals surface area (Å²) in [6.07, 6.45) is 0.351. The quantitative estimate of drug-likeness (QED) is 0.0750. The summed E-state index contributed by atoms with van der Waals surface area (Å²) in [7, 11) is 2.55. The third kappa shape index (κ3) is 10.8. The number of carbonyl (C=O) groups excluding carboxylic acids is 6. The van der Waals surface area contributed by atoms with Gasteiger partial charge in [0.25, 0.3) is 0 Å². The number of nitrogens with one attached hydrogen (secondary N) is 2. The van der Waals surface area contributed by atoms with E-state index in [4.69, 9.17) is 9.47 Å². The minimum Gasteiger partial charge on any atom is -0.468 e. The van der Waals surface area contributed by atoms with Gasteiger partial charge < -0.3 is 25.0 Å². The van der Waals surface area contributed by atoms with Crippen molar-refractivity contribution in [1.29, 1.82) is 0 Å². The van der Waals surface area contributed by atoms with Crippen LogP contribution in [-0.2, 0) is 39.9 Å². The highest BCUT2D eigenvalue weighted by atomic mass is 16.6. The molecule has 0 saturated carbocycles. The van der Waals surface area contributed by atoms with Gasteiger partial charge in [0.05, 0.1) is 19.2 Å². The van der Waals surface area contributed by atoms with E-state index in [1.165, 1.54) is 18.9 Å². The summed E-state index contributed by atoms with van der Waals surface area (Å²) < 4.78 is 10.2. The van der Waals surface area contributed by atoms with E-state index in [-0.39, 0.29) is 19.4 Å². The monoisotopic (exact) mass is 733 g/mol. The number of hydrogen-bond acceptors (Lipinski definition) is 9. The maximum absolute atomic E-state index is 14.4. The Labute approximate surface area is 310 Å². The van der Waals surface area contributed by atoms with Gasteiger partial charge in [0, 0.05) is 18.5 Å². The number of carbonyl (C=O) groups is 6. The molecule has 0 bridgehead atoms. The average molecular weight is 734 g/mol. The molecule has 2 N–H and O–H groups in total. The van der Waals surface area contributed by atoms with Gasteiger partial charge in [-0.1, -0.05) is 74.4 Å². The molecule has 0 spiro atoms. The van der Waals surface area contributed by atoms with Gasteiger partial charge in [0.15, 0.2) is 5.78 Å². The van der Waals surface area contributed by atoms with Crippen molar-refractivity contribution in [2.45, 2.75) is 97.1 Å². The minimum absolute atomic E-state index is 0.000906. The molecule has 15 nitrogen and oxygen atoms in total. The molecule has 2 aromatic carbocycles. The van der Waals surface area contributed by atoms with Crippen LogP contribution in [-0.4, -0.2) is 102 Å². The summed E-state index contributed by atoms with van der Waals surface area (Å²) in [4.78, 5) is 86.4. The first-order valence-corrected chi connectivity index (χ1v) is 17.3. The number of methoxy groups -OCH3 is 1. The number of benzene rings is 2. The Hall–Kier alpha value is -5.43. The summed E-state index contributed by atoms with van der Waals surface area (Å²) in [6, 6.07) is 7.72. The number of fused-ring (bicyclic) bond motifs is 1. The first kappa shape index (κ1) is 42.0. The van der Waals surface area contributed by atoms with E-state index in [9.17, 15) is 34.3 Å². The van der Waals surface area contributed by atoms with Crippen molar-refractivity contribution < 1.29 is 38.2 Å². The second kappa shape index (κ2) is 17.4. The second-order valence-corrected chi connectivity index (χ2v) is 15.3. The molecular weight excluding hydrogens is 682 g/mol. The lowest BCUT2D eigenvalue weighted by Gasteiger charge is -2.37. The predicted octanol–water partition coefficient (Wildman–Crippen LogP) is 4.48. The van der Waals surface area contributed by atoms with E-state index in [0.29, 0.717) is 5.56 Å². The lowest BCUT2D eigenvalue weighted by atomic mass is 9.85. The molecule has 1 fully saturated rings. The summed E-state index contributed by atoms with van der Waals surface area (Å²) in [5.41, 5.74) is 8.25.